The minimum Gasteiger partial charge on any atom is -0.465 e. The lowest BCUT2D eigenvalue weighted by molar-refractivity contribution is -0.190. The number of carbonyl (C=O) groups excluding carboxylic acids is 4. The molecule has 0 saturated carbocycles. The highest BCUT2D eigenvalue weighted by molar-refractivity contribution is 8.00. The summed E-state index contributed by atoms with van der Waals surface area (Å²) in [6.45, 7) is 4.21. The van der Waals surface area contributed by atoms with Gasteiger partial charge in [-0.1, -0.05) is 34.8 Å². The molecule has 0 amide bonds. The maximum absolute atomic E-state index is 11.7. The van der Waals surface area contributed by atoms with Crippen molar-refractivity contribution in [2.75, 3.05) is 6.61 Å². The minimum absolute atomic E-state index is 0.274. The Morgan fingerprint density at radius 3 is 1.70 bits per heavy atom. The molecule has 1 saturated heterocycles. The van der Waals surface area contributed by atoms with Crippen molar-refractivity contribution < 1.29 is 42.9 Å². The summed E-state index contributed by atoms with van der Waals surface area (Å²) in [5.74, 6) is -3.68. The Morgan fingerprint density at radius 1 is 0.800 bits per heavy atom. The van der Waals surface area contributed by atoms with E-state index >= 15 is 0 Å². The van der Waals surface area contributed by atoms with E-state index in [1.165, 1.54) is 6.92 Å². The number of rotatable bonds is 6. The molecule has 1 aliphatic rings. The van der Waals surface area contributed by atoms with E-state index in [1.807, 2.05) is 0 Å². The van der Waals surface area contributed by atoms with Gasteiger partial charge in [-0.05, 0) is 0 Å². The van der Waals surface area contributed by atoms with Gasteiger partial charge in [0.25, 0.3) is 3.79 Å². The summed E-state index contributed by atoms with van der Waals surface area (Å²) in [7, 11) is 0. The average molecular weight is 509 g/mol. The lowest BCUT2D eigenvalue weighted by atomic mass is 10.0. The maximum Gasteiger partial charge on any atom is 0.303 e. The van der Waals surface area contributed by atoms with Gasteiger partial charge in [0.2, 0.25) is 5.90 Å². The van der Waals surface area contributed by atoms with Gasteiger partial charge in [0.05, 0.1) is 5.25 Å². The van der Waals surface area contributed by atoms with Gasteiger partial charge in [0.15, 0.2) is 23.7 Å². The lowest BCUT2D eigenvalue weighted by Gasteiger charge is -2.43. The number of halogens is 3. The van der Waals surface area contributed by atoms with E-state index in [2.05, 4.69) is 0 Å². The zero-order chi connectivity index (χ0) is 23.2. The van der Waals surface area contributed by atoms with Crippen molar-refractivity contribution >= 4 is 76.3 Å². The molecule has 0 aromatic carbocycles. The number of thioether (sulfide) groups is 1. The quantitative estimate of drug-likeness (QED) is 0.187. The van der Waals surface area contributed by atoms with E-state index in [1.54, 1.807) is 0 Å². The van der Waals surface area contributed by atoms with Crippen LogP contribution in [0.2, 0.25) is 0 Å². The Morgan fingerprint density at radius 2 is 1.27 bits per heavy atom. The molecule has 1 rings (SSSR count). The van der Waals surface area contributed by atoms with Crippen molar-refractivity contribution in [3.8, 4) is 0 Å². The van der Waals surface area contributed by atoms with Gasteiger partial charge in [-0.15, -0.1) is 11.8 Å². The molecule has 0 radical (unpaired) electrons. The molecule has 5 atom stereocenters. The van der Waals surface area contributed by atoms with Crippen molar-refractivity contribution in [1.82, 2.24) is 0 Å². The van der Waals surface area contributed by atoms with Gasteiger partial charge in [-0.25, -0.2) is 0 Å². The maximum atomic E-state index is 11.7. The van der Waals surface area contributed by atoms with Crippen LogP contribution in [0.15, 0.2) is 0 Å². The molecule has 1 N–H and O–H groups in total. The van der Waals surface area contributed by atoms with Gasteiger partial charge in [-0.2, -0.15) is 0 Å². The van der Waals surface area contributed by atoms with Crippen molar-refractivity contribution in [2.45, 2.75) is 60.5 Å². The first-order chi connectivity index (χ1) is 13.7. The summed E-state index contributed by atoms with van der Waals surface area (Å²) in [5, 5.41) is 6.97. The Hall–Kier alpha value is -1.43. The fourth-order valence-corrected chi connectivity index (χ4v) is 3.97. The Labute approximate surface area is 191 Å². The predicted molar refractivity (Wildman–Crippen MR) is 108 cm³/mol. The summed E-state index contributed by atoms with van der Waals surface area (Å²) in [6.07, 6.45) is -3.88. The highest BCUT2D eigenvalue weighted by Gasteiger charge is 2.53. The fraction of sp³-hybridized carbons (Fsp3) is 0.688. The molecule has 170 valence electrons. The molecule has 30 heavy (non-hydrogen) atoms. The highest BCUT2D eigenvalue weighted by Crippen LogP contribution is 2.40. The predicted octanol–water partition coefficient (Wildman–Crippen LogP) is 2.15. The Kier molecular flexibility index (Phi) is 9.99. The van der Waals surface area contributed by atoms with Crippen LogP contribution in [-0.2, 0) is 42.9 Å². The third-order valence-corrected chi connectivity index (χ3v) is 5.34. The molecule has 0 aromatic heterocycles. The van der Waals surface area contributed by atoms with E-state index < -0.39 is 62.6 Å². The van der Waals surface area contributed by atoms with Gasteiger partial charge in [0, 0.05) is 27.7 Å². The van der Waals surface area contributed by atoms with E-state index in [9.17, 15) is 19.2 Å². The van der Waals surface area contributed by atoms with Crippen LogP contribution in [0.5, 0.6) is 0 Å². The van der Waals surface area contributed by atoms with E-state index in [0.717, 1.165) is 32.5 Å². The van der Waals surface area contributed by atoms with Gasteiger partial charge >= 0.3 is 23.9 Å². The largest absolute Gasteiger partial charge is 0.465 e. The van der Waals surface area contributed by atoms with Crippen LogP contribution in [0.3, 0.4) is 0 Å². The van der Waals surface area contributed by atoms with Gasteiger partial charge in [-0.3, -0.25) is 24.6 Å². The number of carbonyl (C=O) groups is 4. The molecule has 10 nitrogen and oxygen atoms in total. The second-order valence-electron chi connectivity index (χ2n) is 6.01. The van der Waals surface area contributed by atoms with Crippen LogP contribution in [0.4, 0.5) is 0 Å². The van der Waals surface area contributed by atoms with Crippen LogP contribution >= 0.6 is 46.6 Å². The normalized spacial score (nSPS) is 26.2. The molecular weight excluding hydrogens is 489 g/mol. The summed E-state index contributed by atoms with van der Waals surface area (Å²) in [6, 6.07) is 0. The van der Waals surface area contributed by atoms with E-state index in [4.69, 9.17) is 63.9 Å². The summed E-state index contributed by atoms with van der Waals surface area (Å²) >= 11 is 17.8. The van der Waals surface area contributed by atoms with Crippen LogP contribution in [0.1, 0.15) is 27.7 Å². The molecule has 0 aliphatic carbocycles. The van der Waals surface area contributed by atoms with Crippen LogP contribution in [0.25, 0.3) is 0 Å². The lowest BCUT2D eigenvalue weighted by Crippen LogP contribution is -2.59. The molecule has 1 aliphatic heterocycles. The van der Waals surface area contributed by atoms with Gasteiger partial charge in [0.1, 0.15) is 6.61 Å². The first kappa shape index (κ1) is 26.6. The van der Waals surface area contributed by atoms with Crippen molar-refractivity contribution in [3.63, 3.8) is 0 Å². The Bertz CT molecular complexity index is 700. The standard InChI is InChI=1S/C16H20Cl3NO9S/c1-6(21)25-5-10-11(26-7(2)22)12(27-8(3)23)13(28-9(4)24)14(30-10)29-15(20)16(17,18)19/h10-14,20H,5H2,1-4H3/t10-,11-,12+,13-,14+/m1/s1. The third kappa shape index (κ3) is 8.37. The van der Waals surface area contributed by atoms with Crippen LogP contribution in [-0.4, -0.2) is 69.2 Å². The Balaban J connectivity index is 3.37. The second kappa shape index (κ2) is 11.3. The van der Waals surface area contributed by atoms with Crippen LogP contribution < -0.4 is 0 Å². The molecule has 0 spiro atoms. The summed E-state index contributed by atoms with van der Waals surface area (Å²) < 4.78 is 23.9. The molecule has 0 aromatic rings. The molecule has 14 heteroatoms. The molecule has 0 unspecified atom stereocenters. The van der Waals surface area contributed by atoms with Crippen molar-refractivity contribution in [1.29, 1.82) is 5.41 Å². The summed E-state index contributed by atoms with van der Waals surface area (Å²) in [5.41, 5.74) is -1.23. The monoisotopic (exact) mass is 507 g/mol. The molecule has 1 heterocycles. The molecule has 0 bridgehead atoms. The zero-order valence-corrected chi connectivity index (χ0v) is 19.4. The number of nitrogens with one attached hydrogen (secondary N) is 1. The number of esters is 4. The topological polar surface area (TPSA) is 138 Å². The first-order valence-corrected chi connectivity index (χ1v) is 10.4. The number of hydrogen-bond donors (Lipinski definition) is 1. The number of hydrogen-bond acceptors (Lipinski definition) is 11. The highest BCUT2D eigenvalue weighted by atomic mass is 35.6. The zero-order valence-electron chi connectivity index (χ0n) is 16.3. The van der Waals surface area contributed by atoms with Gasteiger partial charge < -0.3 is 23.7 Å². The first-order valence-electron chi connectivity index (χ1n) is 8.35. The smallest absolute Gasteiger partial charge is 0.303 e. The SMILES string of the molecule is CC(=O)OC[C@H]1S[C@H](OC(=N)C(Cl)(Cl)Cl)[C@H](OC(C)=O)[C@@H](OC(C)=O)[C@@H]1OC(C)=O. The van der Waals surface area contributed by atoms with Crippen molar-refractivity contribution in [3.05, 3.63) is 0 Å². The molecule has 1 fully saturated rings. The fourth-order valence-electron chi connectivity index (χ4n) is 2.47. The minimum atomic E-state index is -2.23. The van der Waals surface area contributed by atoms with Crippen LogP contribution in [0, 0.1) is 5.41 Å². The third-order valence-electron chi connectivity index (χ3n) is 3.44. The second-order valence-corrected chi connectivity index (χ2v) is 9.64. The summed E-state index contributed by atoms with van der Waals surface area (Å²) in [4.78, 5) is 46.3. The average Bonchev–Trinajstić information content (AvgIpc) is 2.56. The van der Waals surface area contributed by atoms with E-state index in [-0.39, 0.29) is 6.61 Å². The number of ether oxygens (including phenoxy) is 5. The molecular formula is C16H20Cl3NO9S. The number of alkyl halides is 3. The van der Waals surface area contributed by atoms with Crippen molar-refractivity contribution in [2.24, 2.45) is 0 Å². The van der Waals surface area contributed by atoms with E-state index in [0.29, 0.717) is 0 Å².